The van der Waals surface area contributed by atoms with E-state index in [0.717, 1.165) is 10.0 Å². The van der Waals surface area contributed by atoms with Gasteiger partial charge in [-0.25, -0.2) is 4.98 Å². The first-order valence-corrected chi connectivity index (χ1v) is 6.04. The van der Waals surface area contributed by atoms with Gasteiger partial charge in [-0.05, 0) is 28.4 Å². The van der Waals surface area contributed by atoms with Crippen LogP contribution in [0.2, 0.25) is 5.15 Å². The standard InChI is InChI=1S/C10H11BrClN3O/c1-5-7(11)3-14-10(12)9(5)15-4-6(13)2-8(15)16/h3,6H,2,4,13H2,1H3. The number of pyridine rings is 1. The number of anilines is 1. The lowest BCUT2D eigenvalue weighted by Crippen LogP contribution is -2.29. The minimum atomic E-state index is -0.123. The van der Waals surface area contributed by atoms with Crippen molar-refractivity contribution >= 4 is 39.1 Å². The van der Waals surface area contributed by atoms with E-state index in [1.807, 2.05) is 6.92 Å². The van der Waals surface area contributed by atoms with E-state index in [9.17, 15) is 4.79 Å². The summed E-state index contributed by atoms with van der Waals surface area (Å²) in [4.78, 5) is 17.4. The number of hydrogen-bond donors (Lipinski definition) is 1. The monoisotopic (exact) mass is 303 g/mol. The Morgan fingerprint density at radius 1 is 1.69 bits per heavy atom. The first-order chi connectivity index (χ1) is 7.50. The number of amides is 1. The fourth-order valence-electron chi connectivity index (χ4n) is 1.80. The van der Waals surface area contributed by atoms with Gasteiger partial charge in [-0.1, -0.05) is 11.6 Å². The maximum absolute atomic E-state index is 11.7. The molecule has 1 atom stereocenters. The van der Waals surface area contributed by atoms with Gasteiger partial charge in [0.15, 0.2) is 5.15 Å². The topological polar surface area (TPSA) is 59.2 Å². The van der Waals surface area contributed by atoms with Gasteiger partial charge in [0.05, 0.1) is 5.69 Å². The molecule has 0 aromatic carbocycles. The van der Waals surface area contributed by atoms with E-state index < -0.39 is 0 Å². The number of carbonyl (C=O) groups excluding carboxylic acids is 1. The smallest absolute Gasteiger partial charge is 0.228 e. The third-order valence-corrected chi connectivity index (χ3v) is 3.70. The van der Waals surface area contributed by atoms with Crippen LogP contribution < -0.4 is 10.6 Å². The van der Waals surface area contributed by atoms with E-state index in [1.165, 1.54) is 0 Å². The van der Waals surface area contributed by atoms with Crippen LogP contribution in [0.3, 0.4) is 0 Å². The molecule has 1 unspecified atom stereocenters. The van der Waals surface area contributed by atoms with Gasteiger partial charge in [0.2, 0.25) is 5.91 Å². The number of nitrogens with two attached hydrogens (primary N) is 1. The average Bonchev–Trinajstić information content (AvgIpc) is 2.53. The van der Waals surface area contributed by atoms with Crippen molar-refractivity contribution in [1.82, 2.24) is 4.98 Å². The van der Waals surface area contributed by atoms with Gasteiger partial charge >= 0.3 is 0 Å². The summed E-state index contributed by atoms with van der Waals surface area (Å²) >= 11 is 9.40. The number of nitrogens with zero attached hydrogens (tertiary/aromatic N) is 2. The van der Waals surface area contributed by atoms with Gasteiger partial charge in [0.25, 0.3) is 0 Å². The summed E-state index contributed by atoms with van der Waals surface area (Å²) < 4.78 is 0.833. The van der Waals surface area contributed by atoms with Crippen LogP contribution in [0.4, 0.5) is 5.69 Å². The van der Waals surface area contributed by atoms with Gasteiger partial charge in [0, 0.05) is 29.7 Å². The second-order valence-electron chi connectivity index (χ2n) is 3.84. The molecule has 1 aliphatic rings. The number of aromatic nitrogens is 1. The fourth-order valence-corrected chi connectivity index (χ4v) is 2.39. The molecule has 2 N–H and O–H groups in total. The van der Waals surface area contributed by atoms with Crippen LogP contribution in [0.15, 0.2) is 10.7 Å². The van der Waals surface area contributed by atoms with Gasteiger partial charge in [-0.2, -0.15) is 0 Å². The Morgan fingerprint density at radius 2 is 2.38 bits per heavy atom. The molecular weight excluding hydrogens is 293 g/mol. The fraction of sp³-hybridized carbons (Fsp3) is 0.400. The zero-order valence-electron chi connectivity index (χ0n) is 8.70. The molecule has 1 fully saturated rings. The quantitative estimate of drug-likeness (QED) is 0.806. The van der Waals surface area contributed by atoms with Crippen molar-refractivity contribution < 1.29 is 4.79 Å². The largest absolute Gasteiger partial charge is 0.326 e. The molecule has 0 radical (unpaired) electrons. The van der Waals surface area contributed by atoms with E-state index in [-0.39, 0.29) is 11.9 Å². The molecule has 0 aliphatic carbocycles. The van der Waals surface area contributed by atoms with Crippen LogP contribution in [0.1, 0.15) is 12.0 Å². The van der Waals surface area contributed by atoms with E-state index in [2.05, 4.69) is 20.9 Å². The predicted octanol–water partition coefficient (Wildman–Crippen LogP) is 1.87. The predicted molar refractivity (Wildman–Crippen MR) is 66.6 cm³/mol. The van der Waals surface area contributed by atoms with Gasteiger partial charge < -0.3 is 10.6 Å². The molecule has 1 aromatic rings. The molecule has 1 saturated heterocycles. The molecule has 2 heterocycles. The highest BCUT2D eigenvalue weighted by molar-refractivity contribution is 9.10. The van der Waals surface area contributed by atoms with Gasteiger partial charge in [0.1, 0.15) is 0 Å². The summed E-state index contributed by atoms with van der Waals surface area (Å²) in [6.07, 6.45) is 1.99. The summed E-state index contributed by atoms with van der Waals surface area (Å²) in [5, 5.41) is 0.336. The minimum Gasteiger partial charge on any atom is -0.326 e. The lowest BCUT2D eigenvalue weighted by atomic mass is 10.2. The Bertz CT molecular complexity index is 452. The number of carbonyl (C=O) groups is 1. The van der Waals surface area contributed by atoms with Crippen LogP contribution >= 0.6 is 27.5 Å². The van der Waals surface area contributed by atoms with Crippen molar-refractivity contribution in [3.8, 4) is 0 Å². The summed E-state index contributed by atoms with van der Waals surface area (Å²) in [6.45, 7) is 2.39. The maximum atomic E-state index is 11.7. The van der Waals surface area contributed by atoms with Crippen LogP contribution in [-0.2, 0) is 4.79 Å². The second kappa shape index (κ2) is 4.31. The number of hydrogen-bond acceptors (Lipinski definition) is 3. The van der Waals surface area contributed by atoms with Crippen LogP contribution in [-0.4, -0.2) is 23.5 Å². The normalized spacial score (nSPS) is 20.6. The molecule has 86 valence electrons. The molecule has 4 nitrogen and oxygen atoms in total. The lowest BCUT2D eigenvalue weighted by Gasteiger charge is -2.20. The molecule has 0 spiro atoms. The summed E-state index contributed by atoms with van der Waals surface area (Å²) in [6, 6.07) is -0.123. The zero-order valence-corrected chi connectivity index (χ0v) is 11.0. The molecule has 1 aromatic heterocycles. The number of rotatable bonds is 1. The molecule has 16 heavy (non-hydrogen) atoms. The van der Waals surface area contributed by atoms with Crippen LogP contribution in [0.25, 0.3) is 0 Å². The van der Waals surface area contributed by atoms with E-state index in [1.54, 1.807) is 11.1 Å². The average molecular weight is 305 g/mol. The molecule has 0 bridgehead atoms. The lowest BCUT2D eigenvalue weighted by molar-refractivity contribution is -0.117. The molecule has 1 aliphatic heterocycles. The first kappa shape index (κ1) is 11.8. The Labute approximate surface area is 107 Å². The highest BCUT2D eigenvalue weighted by Gasteiger charge is 2.31. The molecule has 6 heteroatoms. The molecule has 0 saturated carbocycles. The molecule has 2 rings (SSSR count). The highest BCUT2D eigenvalue weighted by atomic mass is 79.9. The SMILES string of the molecule is Cc1c(Br)cnc(Cl)c1N1CC(N)CC1=O. The highest BCUT2D eigenvalue weighted by Crippen LogP contribution is 2.34. The van der Waals surface area contributed by atoms with Crippen LogP contribution in [0, 0.1) is 6.92 Å². The van der Waals surface area contributed by atoms with Crippen molar-refractivity contribution in [3.05, 3.63) is 21.4 Å². The minimum absolute atomic E-state index is 0.00241. The van der Waals surface area contributed by atoms with Gasteiger partial charge in [-0.3, -0.25) is 4.79 Å². The van der Waals surface area contributed by atoms with Crippen molar-refractivity contribution in [3.63, 3.8) is 0 Å². The second-order valence-corrected chi connectivity index (χ2v) is 5.05. The third kappa shape index (κ3) is 1.95. The van der Waals surface area contributed by atoms with Gasteiger partial charge in [-0.15, -0.1) is 0 Å². The summed E-state index contributed by atoms with van der Waals surface area (Å²) in [5.74, 6) is -0.00241. The zero-order chi connectivity index (χ0) is 11.9. The van der Waals surface area contributed by atoms with Crippen molar-refractivity contribution in [1.29, 1.82) is 0 Å². The van der Waals surface area contributed by atoms with Crippen molar-refractivity contribution in [2.45, 2.75) is 19.4 Å². The maximum Gasteiger partial charge on any atom is 0.228 e. The summed E-state index contributed by atoms with van der Waals surface area (Å²) in [5.41, 5.74) is 7.32. The molecular formula is C10H11BrClN3O. The van der Waals surface area contributed by atoms with Crippen molar-refractivity contribution in [2.75, 3.05) is 11.4 Å². The third-order valence-electron chi connectivity index (χ3n) is 2.62. The Kier molecular flexibility index (Phi) is 3.19. The number of halogens is 2. The summed E-state index contributed by atoms with van der Waals surface area (Å²) in [7, 11) is 0. The Balaban J connectivity index is 2.48. The van der Waals surface area contributed by atoms with E-state index in [0.29, 0.717) is 23.8 Å². The van der Waals surface area contributed by atoms with E-state index in [4.69, 9.17) is 17.3 Å². The first-order valence-electron chi connectivity index (χ1n) is 4.87. The molecule has 1 amide bonds. The van der Waals surface area contributed by atoms with E-state index >= 15 is 0 Å². The Morgan fingerprint density at radius 3 is 2.94 bits per heavy atom. The van der Waals surface area contributed by atoms with Crippen molar-refractivity contribution in [2.24, 2.45) is 5.73 Å². The van der Waals surface area contributed by atoms with Crippen LogP contribution in [0.5, 0.6) is 0 Å². The Hall–Kier alpha value is -0.650.